The number of amides is 1. The Labute approximate surface area is 165 Å². The minimum absolute atomic E-state index is 0.0668. The van der Waals surface area contributed by atoms with E-state index >= 15 is 0 Å². The number of carbonyl (C=O) groups excluding carboxylic acids is 1. The lowest BCUT2D eigenvalue weighted by molar-refractivity contribution is -0.137. The van der Waals surface area contributed by atoms with Gasteiger partial charge < -0.3 is 19.5 Å². The van der Waals surface area contributed by atoms with Crippen molar-refractivity contribution in [2.24, 2.45) is 0 Å². The average molecular weight is 418 g/mol. The Morgan fingerprint density at radius 3 is 2.54 bits per heavy atom. The number of hydrogen-bond acceptors (Lipinski definition) is 4. The second-order valence-corrected chi connectivity index (χ2v) is 6.17. The first-order chi connectivity index (χ1) is 13.2. The van der Waals surface area contributed by atoms with Crippen molar-refractivity contribution < 1.29 is 32.2 Å². The van der Waals surface area contributed by atoms with E-state index in [4.69, 9.17) is 25.8 Å². The maximum atomic E-state index is 12.7. The van der Waals surface area contributed by atoms with Crippen molar-refractivity contribution in [3.05, 3.63) is 53.1 Å². The highest BCUT2D eigenvalue weighted by molar-refractivity contribution is 6.32. The van der Waals surface area contributed by atoms with Gasteiger partial charge in [0.25, 0.3) is 5.91 Å². The summed E-state index contributed by atoms with van der Waals surface area (Å²) < 4.78 is 54.1. The summed E-state index contributed by atoms with van der Waals surface area (Å²) in [5.41, 5.74) is -0.866. The van der Waals surface area contributed by atoms with Crippen molar-refractivity contribution in [1.29, 1.82) is 0 Å². The molecule has 0 radical (unpaired) electrons. The maximum absolute atomic E-state index is 12.7. The molecule has 0 bridgehead atoms. The Kier molecular flexibility index (Phi) is 7.53. The van der Waals surface area contributed by atoms with Crippen LogP contribution in [0.2, 0.25) is 5.02 Å². The Morgan fingerprint density at radius 1 is 1.18 bits per heavy atom. The van der Waals surface area contributed by atoms with Crippen LogP contribution in [0.4, 0.5) is 13.2 Å². The van der Waals surface area contributed by atoms with E-state index in [2.05, 4.69) is 5.32 Å². The molecule has 1 unspecified atom stereocenters. The molecule has 0 heterocycles. The SMILES string of the molecule is COCCNC(=O)C(C)Oc1cccc(Oc2ccc(C(F)(F)F)cc2Cl)c1. The first kappa shape index (κ1) is 21.8. The number of alkyl halides is 3. The fourth-order valence-corrected chi connectivity index (χ4v) is 2.39. The minimum Gasteiger partial charge on any atom is -0.481 e. The van der Waals surface area contributed by atoms with Crippen molar-refractivity contribution in [3.8, 4) is 17.2 Å². The molecule has 0 spiro atoms. The van der Waals surface area contributed by atoms with E-state index < -0.39 is 17.8 Å². The van der Waals surface area contributed by atoms with Gasteiger partial charge in [-0.1, -0.05) is 17.7 Å². The number of nitrogens with one attached hydrogen (secondary N) is 1. The van der Waals surface area contributed by atoms with Crippen LogP contribution in [0.15, 0.2) is 42.5 Å². The number of rotatable bonds is 8. The molecule has 1 amide bonds. The molecule has 0 saturated heterocycles. The zero-order valence-electron chi connectivity index (χ0n) is 15.2. The maximum Gasteiger partial charge on any atom is 0.416 e. The van der Waals surface area contributed by atoms with Crippen molar-refractivity contribution in [2.45, 2.75) is 19.2 Å². The fraction of sp³-hybridized carbons (Fsp3) is 0.316. The van der Waals surface area contributed by atoms with Crippen molar-refractivity contribution >= 4 is 17.5 Å². The number of methoxy groups -OCH3 is 1. The summed E-state index contributed by atoms with van der Waals surface area (Å²) in [7, 11) is 1.53. The number of ether oxygens (including phenoxy) is 3. The van der Waals surface area contributed by atoms with Crippen LogP contribution in [0.1, 0.15) is 12.5 Å². The highest BCUT2D eigenvalue weighted by atomic mass is 35.5. The molecular weight excluding hydrogens is 399 g/mol. The van der Waals surface area contributed by atoms with Gasteiger partial charge >= 0.3 is 6.18 Å². The lowest BCUT2D eigenvalue weighted by atomic mass is 10.2. The first-order valence-corrected chi connectivity index (χ1v) is 8.66. The number of hydrogen-bond donors (Lipinski definition) is 1. The molecule has 2 aromatic rings. The molecule has 0 fully saturated rings. The molecule has 0 saturated carbocycles. The van der Waals surface area contributed by atoms with E-state index in [1.807, 2.05) is 0 Å². The van der Waals surface area contributed by atoms with Gasteiger partial charge in [0.1, 0.15) is 17.2 Å². The summed E-state index contributed by atoms with van der Waals surface area (Å²) in [6, 6.07) is 9.16. The predicted molar refractivity (Wildman–Crippen MR) is 97.9 cm³/mol. The summed E-state index contributed by atoms with van der Waals surface area (Å²) in [6.45, 7) is 2.33. The molecule has 0 aliphatic carbocycles. The van der Waals surface area contributed by atoms with Crippen LogP contribution in [0, 0.1) is 0 Å². The molecule has 1 atom stereocenters. The Bertz CT molecular complexity index is 814. The monoisotopic (exact) mass is 417 g/mol. The van der Waals surface area contributed by atoms with E-state index in [1.165, 1.54) is 13.2 Å². The standard InChI is InChI=1S/C19H19ClF3NO4/c1-12(18(25)24-8-9-26-2)27-14-4-3-5-15(11-14)28-17-7-6-13(10-16(17)20)19(21,22)23/h3-7,10-12H,8-9H2,1-2H3,(H,24,25). The summed E-state index contributed by atoms with van der Waals surface area (Å²) in [4.78, 5) is 11.9. The third-order valence-corrected chi connectivity index (χ3v) is 3.88. The third kappa shape index (κ3) is 6.31. The van der Waals surface area contributed by atoms with Gasteiger partial charge in [-0.2, -0.15) is 13.2 Å². The molecule has 152 valence electrons. The van der Waals surface area contributed by atoms with Gasteiger partial charge in [0.2, 0.25) is 0 Å². The lowest BCUT2D eigenvalue weighted by Crippen LogP contribution is -2.37. The van der Waals surface area contributed by atoms with Crippen LogP contribution in [0.3, 0.4) is 0 Å². The van der Waals surface area contributed by atoms with E-state index in [1.54, 1.807) is 25.1 Å². The smallest absolute Gasteiger partial charge is 0.416 e. The zero-order chi connectivity index (χ0) is 20.7. The van der Waals surface area contributed by atoms with Crippen molar-refractivity contribution in [2.75, 3.05) is 20.3 Å². The molecular formula is C19H19ClF3NO4. The summed E-state index contributed by atoms with van der Waals surface area (Å²) in [5, 5.41) is 2.48. The molecule has 1 N–H and O–H groups in total. The Morgan fingerprint density at radius 2 is 1.89 bits per heavy atom. The highest BCUT2D eigenvalue weighted by Crippen LogP contribution is 2.36. The summed E-state index contributed by atoms with van der Waals surface area (Å²) in [6.07, 6.45) is -5.25. The second-order valence-electron chi connectivity index (χ2n) is 5.76. The third-order valence-electron chi connectivity index (χ3n) is 3.58. The molecule has 5 nitrogen and oxygen atoms in total. The molecule has 2 rings (SSSR count). The lowest BCUT2D eigenvalue weighted by Gasteiger charge is -2.16. The minimum atomic E-state index is -4.49. The quantitative estimate of drug-likeness (QED) is 0.633. The van der Waals surface area contributed by atoms with Crippen LogP contribution in [-0.4, -0.2) is 32.3 Å². The predicted octanol–water partition coefficient (Wildman–Crippen LogP) is 4.68. The number of carbonyl (C=O) groups is 1. The van der Waals surface area contributed by atoms with E-state index in [0.717, 1.165) is 18.2 Å². The molecule has 28 heavy (non-hydrogen) atoms. The molecule has 0 aliphatic heterocycles. The normalized spacial score (nSPS) is 12.4. The summed E-state index contributed by atoms with van der Waals surface area (Å²) >= 11 is 5.89. The molecule has 0 aromatic heterocycles. The Balaban J connectivity index is 2.04. The van der Waals surface area contributed by atoms with Gasteiger partial charge in [-0.3, -0.25) is 4.79 Å². The van der Waals surface area contributed by atoms with E-state index in [9.17, 15) is 18.0 Å². The van der Waals surface area contributed by atoms with E-state index in [0.29, 0.717) is 24.7 Å². The fourth-order valence-electron chi connectivity index (χ4n) is 2.18. The van der Waals surface area contributed by atoms with Crippen LogP contribution in [0.5, 0.6) is 17.2 Å². The molecule has 2 aromatic carbocycles. The highest BCUT2D eigenvalue weighted by Gasteiger charge is 2.31. The molecule has 9 heteroatoms. The second kappa shape index (κ2) is 9.66. The van der Waals surface area contributed by atoms with Gasteiger partial charge in [-0.05, 0) is 37.3 Å². The van der Waals surface area contributed by atoms with Gasteiger partial charge in [0.05, 0.1) is 17.2 Å². The zero-order valence-corrected chi connectivity index (χ0v) is 15.9. The van der Waals surface area contributed by atoms with Gasteiger partial charge in [0, 0.05) is 19.7 Å². The van der Waals surface area contributed by atoms with Crippen LogP contribution >= 0.6 is 11.6 Å². The van der Waals surface area contributed by atoms with Crippen LogP contribution in [0.25, 0.3) is 0 Å². The first-order valence-electron chi connectivity index (χ1n) is 8.28. The van der Waals surface area contributed by atoms with Gasteiger partial charge in [0.15, 0.2) is 6.10 Å². The average Bonchev–Trinajstić information content (AvgIpc) is 2.63. The number of halogens is 4. The van der Waals surface area contributed by atoms with E-state index in [-0.39, 0.29) is 16.7 Å². The topological polar surface area (TPSA) is 56.8 Å². The number of benzene rings is 2. The molecule has 0 aliphatic rings. The van der Waals surface area contributed by atoms with Gasteiger partial charge in [-0.25, -0.2) is 0 Å². The largest absolute Gasteiger partial charge is 0.481 e. The van der Waals surface area contributed by atoms with Crippen molar-refractivity contribution in [3.63, 3.8) is 0 Å². The summed E-state index contributed by atoms with van der Waals surface area (Å²) in [5.74, 6) is 0.410. The van der Waals surface area contributed by atoms with Gasteiger partial charge in [-0.15, -0.1) is 0 Å². The van der Waals surface area contributed by atoms with Crippen LogP contribution < -0.4 is 14.8 Å². The van der Waals surface area contributed by atoms with Crippen molar-refractivity contribution in [1.82, 2.24) is 5.32 Å². The Hall–Kier alpha value is -2.45. The van der Waals surface area contributed by atoms with Crippen LogP contribution in [-0.2, 0) is 15.7 Å².